The molecule has 1 amide bonds. The molecule has 2 aromatic carbocycles. The number of carbonyl (C=O) groups is 1. The van der Waals surface area contributed by atoms with Crippen LogP contribution in [0.3, 0.4) is 0 Å². The molecular formula is C20H26N2O4S. The van der Waals surface area contributed by atoms with Crippen molar-refractivity contribution in [3.05, 3.63) is 60.2 Å². The van der Waals surface area contributed by atoms with E-state index in [2.05, 4.69) is 0 Å². The first-order valence-corrected chi connectivity index (χ1v) is 10.7. The number of hydrogen-bond donors (Lipinski definition) is 0. The van der Waals surface area contributed by atoms with E-state index in [9.17, 15) is 13.2 Å². The molecule has 0 saturated heterocycles. The van der Waals surface area contributed by atoms with Crippen LogP contribution in [0.25, 0.3) is 0 Å². The molecule has 0 aliphatic carbocycles. The SMILES string of the molecule is CCN(CC)C(=O)COc1ccc(N(Cc2ccccc2)S(C)(=O)=O)cc1. The van der Waals surface area contributed by atoms with E-state index in [0.717, 1.165) is 5.56 Å². The minimum atomic E-state index is -3.44. The Balaban J connectivity index is 2.10. The highest BCUT2D eigenvalue weighted by molar-refractivity contribution is 7.92. The molecule has 0 fully saturated rings. The second-order valence-electron chi connectivity index (χ2n) is 6.10. The van der Waals surface area contributed by atoms with E-state index in [1.165, 1.54) is 10.6 Å². The summed E-state index contributed by atoms with van der Waals surface area (Å²) in [6, 6.07) is 16.1. The van der Waals surface area contributed by atoms with Gasteiger partial charge in [0, 0.05) is 13.1 Å². The standard InChI is InChI=1S/C20H26N2O4S/c1-4-21(5-2)20(23)16-26-19-13-11-18(12-14-19)22(27(3,24)25)15-17-9-7-6-8-10-17/h6-14H,4-5,15-16H2,1-3H3. The van der Waals surface area contributed by atoms with Crippen LogP contribution in [0.5, 0.6) is 5.75 Å². The second kappa shape index (κ2) is 9.41. The lowest BCUT2D eigenvalue weighted by molar-refractivity contribution is -0.132. The molecule has 0 radical (unpaired) electrons. The number of ether oxygens (including phenoxy) is 1. The molecule has 0 atom stereocenters. The van der Waals surface area contributed by atoms with E-state index < -0.39 is 10.0 Å². The van der Waals surface area contributed by atoms with Crippen LogP contribution in [0.1, 0.15) is 19.4 Å². The molecule has 2 aromatic rings. The number of likely N-dealkylation sites (N-methyl/N-ethyl adjacent to an activating group) is 1. The van der Waals surface area contributed by atoms with Crippen LogP contribution in [-0.4, -0.2) is 45.2 Å². The zero-order valence-electron chi connectivity index (χ0n) is 16.0. The lowest BCUT2D eigenvalue weighted by Gasteiger charge is -2.23. The average molecular weight is 391 g/mol. The monoisotopic (exact) mass is 390 g/mol. The van der Waals surface area contributed by atoms with Gasteiger partial charge in [-0.3, -0.25) is 9.10 Å². The van der Waals surface area contributed by atoms with Crippen molar-refractivity contribution in [2.45, 2.75) is 20.4 Å². The van der Waals surface area contributed by atoms with Gasteiger partial charge in [0.15, 0.2) is 6.61 Å². The summed E-state index contributed by atoms with van der Waals surface area (Å²) in [7, 11) is -3.44. The zero-order chi connectivity index (χ0) is 19.9. The highest BCUT2D eigenvalue weighted by Crippen LogP contribution is 2.23. The van der Waals surface area contributed by atoms with Gasteiger partial charge >= 0.3 is 0 Å². The van der Waals surface area contributed by atoms with Gasteiger partial charge in [0.25, 0.3) is 5.91 Å². The molecule has 0 unspecified atom stereocenters. The van der Waals surface area contributed by atoms with Gasteiger partial charge in [0.2, 0.25) is 10.0 Å². The number of sulfonamides is 1. The number of nitrogens with zero attached hydrogens (tertiary/aromatic N) is 2. The first kappa shape index (κ1) is 20.8. The van der Waals surface area contributed by atoms with E-state index >= 15 is 0 Å². The normalized spacial score (nSPS) is 11.1. The van der Waals surface area contributed by atoms with Crippen molar-refractivity contribution < 1.29 is 17.9 Å². The number of anilines is 1. The van der Waals surface area contributed by atoms with E-state index in [1.807, 2.05) is 44.2 Å². The predicted octanol–water partition coefficient (Wildman–Crippen LogP) is 2.90. The summed E-state index contributed by atoms with van der Waals surface area (Å²) in [5, 5.41) is 0. The second-order valence-corrected chi connectivity index (χ2v) is 8.01. The summed E-state index contributed by atoms with van der Waals surface area (Å²) in [6.45, 7) is 5.33. The van der Waals surface area contributed by atoms with Crippen LogP contribution in [-0.2, 0) is 21.4 Å². The van der Waals surface area contributed by atoms with Gasteiger partial charge in [-0.15, -0.1) is 0 Å². The van der Waals surface area contributed by atoms with Crippen LogP contribution < -0.4 is 9.04 Å². The summed E-state index contributed by atoms with van der Waals surface area (Å²) in [6.07, 6.45) is 1.18. The molecule has 2 rings (SSSR count). The number of amides is 1. The highest BCUT2D eigenvalue weighted by atomic mass is 32.2. The Morgan fingerprint density at radius 1 is 0.963 bits per heavy atom. The lowest BCUT2D eigenvalue weighted by atomic mass is 10.2. The third-order valence-electron chi connectivity index (χ3n) is 4.17. The molecule has 27 heavy (non-hydrogen) atoms. The van der Waals surface area contributed by atoms with Crippen LogP contribution in [0.2, 0.25) is 0 Å². The molecule has 0 spiro atoms. The van der Waals surface area contributed by atoms with E-state index in [0.29, 0.717) is 24.5 Å². The number of hydrogen-bond acceptors (Lipinski definition) is 4. The van der Waals surface area contributed by atoms with E-state index in [-0.39, 0.29) is 19.1 Å². The van der Waals surface area contributed by atoms with Crippen molar-refractivity contribution in [1.29, 1.82) is 0 Å². The quantitative estimate of drug-likeness (QED) is 0.660. The smallest absolute Gasteiger partial charge is 0.260 e. The van der Waals surface area contributed by atoms with Gasteiger partial charge in [0.1, 0.15) is 5.75 Å². The molecule has 0 heterocycles. The van der Waals surface area contributed by atoms with Crippen LogP contribution in [0.15, 0.2) is 54.6 Å². The molecule has 0 aliphatic rings. The minimum absolute atomic E-state index is 0.0408. The molecule has 0 saturated carbocycles. The fraction of sp³-hybridized carbons (Fsp3) is 0.350. The van der Waals surface area contributed by atoms with Crippen LogP contribution in [0.4, 0.5) is 5.69 Å². The maximum Gasteiger partial charge on any atom is 0.260 e. The van der Waals surface area contributed by atoms with Crippen molar-refractivity contribution in [2.24, 2.45) is 0 Å². The van der Waals surface area contributed by atoms with Gasteiger partial charge in [-0.25, -0.2) is 8.42 Å². The topological polar surface area (TPSA) is 66.9 Å². The first-order valence-electron chi connectivity index (χ1n) is 8.87. The fourth-order valence-corrected chi connectivity index (χ4v) is 3.56. The molecular weight excluding hydrogens is 364 g/mol. The van der Waals surface area contributed by atoms with Crippen molar-refractivity contribution in [2.75, 3.05) is 30.3 Å². The Labute approximate surface area is 161 Å². The summed E-state index contributed by atoms with van der Waals surface area (Å²) in [5.41, 5.74) is 1.44. The van der Waals surface area contributed by atoms with Crippen LogP contribution in [0, 0.1) is 0 Å². The molecule has 0 bridgehead atoms. The Morgan fingerprint density at radius 2 is 1.56 bits per heavy atom. The molecule has 0 aromatic heterocycles. The third-order valence-corrected chi connectivity index (χ3v) is 5.31. The first-order chi connectivity index (χ1) is 12.8. The van der Waals surface area contributed by atoms with E-state index in [4.69, 9.17) is 4.74 Å². The minimum Gasteiger partial charge on any atom is -0.484 e. The summed E-state index contributed by atoms with van der Waals surface area (Å²) < 4.78 is 31.3. The van der Waals surface area contributed by atoms with Gasteiger partial charge < -0.3 is 9.64 Å². The maximum absolute atomic E-state index is 12.2. The van der Waals surface area contributed by atoms with Crippen molar-refractivity contribution in [3.8, 4) is 5.75 Å². The maximum atomic E-state index is 12.2. The van der Waals surface area contributed by atoms with E-state index in [1.54, 1.807) is 29.2 Å². The fourth-order valence-electron chi connectivity index (χ4n) is 2.67. The highest BCUT2D eigenvalue weighted by Gasteiger charge is 2.18. The Morgan fingerprint density at radius 3 is 2.07 bits per heavy atom. The van der Waals surface area contributed by atoms with Crippen molar-refractivity contribution >= 4 is 21.6 Å². The number of rotatable bonds is 9. The largest absolute Gasteiger partial charge is 0.484 e. The Hall–Kier alpha value is -2.54. The Kier molecular flexibility index (Phi) is 7.24. The van der Waals surface area contributed by atoms with Gasteiger partial charge in [-0.1, -0.05) is 30.3 Å². The third kappa shape index (κ3) is 5.99. The lowest BCUT2D eigenvalue weighted by Crippen LogP contribution is -2.34. The molecule has 0 N–H and O–H groups in total. The summed E-state index contributed by atoms with van der Waals surface area (Å²) in [5.74, 6) is 0.443. The van der Waals surface area contributed by atoms with Crippen molar-refractivity contribution in [1.82, 2.24) is 4.90 Å². The average Bonchev–Trinajstić information content (AvgIpc) is 2.66. The predicted molar refractivity (Wildman–Crippen MR) is 107 cm³/mol. The van der Waals surface area contributed by atoms with Gasteiger partial charge in [-0.05, 0) is 43.7 Å². The Bertz CT molecular complexity index is 832. The number of benzene rings is 2. The van der Waals surface area contributed by atoms with Gasteiger partial charge in [0.05, 0.1) is 18.5 Å². The summed E-state index contributed by atoms with van der Waals surface area (Å²) >= 11 is 0. The van der Waals surface area contributed by atoms with Gasteiger partial charge in [-0.2, -0.15) is 0 Å². The molecule has 6 nitrogen and oxygen atoms in total. The molecule has 7 heteroatoms. The molecule has 0 aliphatic heterocycles. The van der Waals surface area contributed by atoms with Crippen LogP contribution >= 0.6 is 0 Å². The number of carbonyl (C=O) groups excluding carboxylic acids is 1. The summed E-state index contributed by atoms with van der Waals surface area (Å²) in [4.78, 5) is 13.7. The van der Waals surface area contributed by atoms with Crippen molar-refractivity contribution in [3.63, 3.8) is 0 Å². The zero-order valence-corrected chi connectivity index (χ0v) is 16.8. The molecule has 146 valence electrons.